The fourth-order valence-corrected chi connectivity index (χ4v) is 2.64. The Kier molecular flexibility index (Phi) is 6.62. The van der Waals surface area contributed by atoms with Gasteiger partial charge in [-0.2, -0.15) is 13.2 Å². The van der Waals surface area contributed by atoms with Crippen molar-refractivity contribution in [3.05, 3.63) is 72.1 Å². The van der Waals surface area contributed by atoms with Crippen molar-refractivity contribution in [3.8, 4) is 23.0 Å². The van der Waals surface area contributed by atoms with Crippen molar-refractivity contribution in [1.82, 2.24) is 4.98 Å². The quantitative estimate of drug-likeness (QED) is 0.532. The number of aromatic nitrogens is 1. The molecule has 32 heavy (non-hydrogen) atoms. The van der Waals surface area contributed by atoms with Gasteiger partial charge in [-0.3, -0.25) is 9.59 Å². The Labute approximate surface area is 180 Å². The number of nitrogens with one attached hydrogen (secondary N) is 1. The molecule has 7 nitrogen and oxygen atoms in total. The summed E-state index contributed by atoms with van der Waals surface area (Å²) in [6.07, 6.45) is -3.09. The highest BCUT2D eigenvalue weighted by atomic mass is 19.4. The Morgan fingerprint density at radius 3 is 2.06 bits per heavy atom. The number of hydrogen-bond acceptors (Lipinski definition) is 6. The summed E-state index contributed by atoms with van der Waals surface area (Å²) >= 11 is 0. The molecule has 10 heteroatoms. The Bertz CT molecular complexity index is 1110. The zero-order valence-electron chi connectivity index (χ0n) is 16.9. The first kappa shape index (κ1) is 22.6. The summed E-state index contributed by atoms with van der Waals surface area (Å²) in [5.41, 5.74) is -0.542. The molecule has 0 atom stereocenters. The molecule has 0 aliphatic carbocycles. The minimum atomic E-state index is -4.43. The number of benzene rings is 2. The molecule has 0 aliphatic heterocycles. The molecule has 3 aromatic rings. The molecular formula is C22H17F3N2O5. The van der Waals surface area contributed by atoms with Gasteiger partial charge in [0.05, 0.1) is 12.7 Å². The number of alkyl halides is 3. The minimum absolute atomic E-state index is 0.109. The van der Waals surface area contributed by atoms with Crippen LogP contribution < -0.4 is 19.5 Å². The molecule has 0 aliphatic rings. The molecule has 1 N–H and O–H groups in total. The number of rotatable bonds is 6. The van der Waals surface area contributed by atoms with Gasteiger partial charge in [-0.1, -0.05) is 0 Å². The summed E-state index contributed by atoms with van der Waals surface area (Å²) in [6, 6.07) is 11.8. The van der Waals surface area contributed by atoms with Gasteiger partial charge in [0.25, 0.3) is 5.91 Å². The summed E-state index contributed by atoms with van der Waals surface area (Å²) < 4.78 is 53.6. The molecule has 0 saturated heterocycles. The van der Waals surface area contributed by atoms with Gasteiger partial charge in [0, 0.05) is 24.9 Å². The third kappa shape index (κ3) is 5.54. The average molecular weight is 446 g/mol. The van der Waals surface area contributed by atoms with Gasteiger partial charge >= 0.3 is 12.1 Å². The number of esters is 1. The summed E-state index contributed by atoms with van der Waals surface area (Å²) in [5.74, 6) is -0.654. The van der Waals surface area contributed by atoms with Crippen LogP contribution >= 0.6 is 0 Å². The van der Waals surface area contributed by atoms with Crippen LogP contribution in [0.3, 0.4) is 0 Å². The zero-order valence-corrected chi connectivity index (χ0v) is 16.9. The maximum Gasteiger partial charge on any atom is 0.416 e. The van der Waals surface area contributed by atoms with Crippen LogP contribution in [0.1, 0.15) is 23.0 Å². The Balaban J connectivity index is 1.71. The van der Waals surface area contributed by atoms with E-state index in [9.17, 15) is 22.8 Å². The number of carbonyl (C=O) groups is 2. The molecule has 0 spiro atoms. The minimum Gasteiger partial charge on any atom is -0.493 e. The molecule has 0 radical (unpaired) electrons. The summed E-state index contributed by atoms with van der Waals surface area (Å²) in [7, 11) is 1.36. The van der Waals surface area contributed by atoms with E-state index < -0.39 is 23.6 Å². The molecule has 0 saturated carbocycles. The van der Waals surface area contributed by atoms with E-state index in [1.54, 1.807) is 0 Å². The fourth-order valence-electron chi connectivity index (χ4n) is 2.64. The van der Waals surface area contributed by atoms with Crippen molar-refractivity contribution in [3.63, 3.8) is 0 Å². The lowest BCUT2D eigenvalue weighted by Crippen LogP contribution is -2.17. The number of carbonyl (C=O) groups excluding carboxylic acids is 2. The SMILES string of the molecule is COc1ccnc(C(=O)Nc2ccc(Oc3ccc(C(F)(F)F)cc3)cc2)c1OC(C)=O. The third-order valence-corrected chi connectivity index (χ3v) is 4.08. The van der Waals surface area contributed by atoms with Crippen molar-refractivity contribution in [1.29, 1.82) is 0 Å². The van der Waals surface area contributed by atoms with Crippen LogP contribution in [0.2, 0.25) is 0 Å². The second-order valence-electron chi connectivity index (χ2n) is 6.39. The topological polar surface area (TPSA) is 86.8 Å². The molecule has 166 valence electrons. The normalized spacial score (nSPS) is 10.9. The van der Waals surface area contributed by atoms with Crippen LogP contribution in [0, 0.1) is 0 Å². The largest absolute Gasteiger partial charge is 0.493 e. The van der Waals surface area contributed by atoms with Gasteiger partial charge in [0.15, 0.2) is 11.4 Å². The summed E-state index contributed by atoms with van der Waals surface area (Å²) in [6.45, 7) is 1.18. The van der Waals surface area contributed by atoms with E-state index in [0.29, 0.717) is 11.4 Å². The molecule has 3 rings (SSSR count). The number of hydrogen-bond donors (Lipinski definition) is 1. The van der Waals surface area contributed by atoms with Gasteiger partial charge < -0.3 is 19.5 Å². The Morgan fingerprint density at radius 1 is 0.938 bits per heavy atom. The van der Waals surface area contributed by atoms with Crippen molar-refractivity contribution in [2.24, 2.45) is 0 Å². The van der Waals surface area contributed by atoms with E-state index in [1.165, 1.54) is 62.7 Å². The number of halogens is 3. The van der Waals surface area contributed by atoms with Gasteiger partial charge in [-0.15, -0.1) is 0 Å². The van der Waals surface area contributed by atoms with E-state index in [4.69, 9.17) is 14.2 Å². The second kappa shape index (κ2) is 9.38. The van der Waals surface area contributed by atoms with E-state index >= 15 is 0 Å². The first-order valence-corrected chi connectivity index (χ1v) is 9.15. The van der Waals surface area contributed by atoms with E-state index in [0.717, 1.165) is 12.1 Å². The molecule has 2 aromatic carbocycles. The second-order valence-corrected chi connectivity index (χ2v) is 6.39. The number of amides is 1. The molecule has 1 heterocycles. The highest BCUT2D eigenvalue weighted by Crippen LogP contribution is 2.32. The predicted octanol–water partition coefficient (Wildman–Crippen LogP) is 5.08. The lowest BCUT2D eigenvalue weighted by Gasteiger charge is -2.12. The van der Waals surface area contributed by atoms with Crippen molar-refractivity contribution in [2.45, 2.75) is 13.1 Å². The van der Waals surface area contributed by atoms with Crippen LogP contribution in [0.15, 0.2) is 60.8 Å². The highest BCUT2D eigenvalue weighted by Gasteiger charge is 2.30. The van der Waals surface area contributed by atoms with Gasteiger partial charge in [0.2, 0.25) is 5.75 Å². The van der Waals surface area contributed by atoms with Crippen LogP contribution in [0.4, 0.5) is 18.9 Å². The summed E-state index contributed by atoms with van der Waals surface area (Å²) in [5, 5.41) is 2.61. The first-order valence-electron chi connectivity index (χ1n) is 9.15. The predicted molar refractivity (Wildman–Crippen MR) is 108 cm³/mol. The van der Waals surface area contributed by atoms with Crippen molar-refractivity contribution >= 4 is 17.6 Å². The monoisotopic (exact) mass is 446 g/mol. The van der Waals surface area contributed by atoms with Crippen LogP contribution in [0.25, 0.3) is 0 Å². The smallest absolute Gasteiger partial charge is 0.416 e. The lowest BCUT2D eigenvalue weighted by atomic mass is 10.2. The molecular weight excluding hydrogens is 429 g/mol. The maximum atomic E-state index is 12.6. The number of methoxy groups -OCH3 is 1. The molecule has 1 amide bonds. The molecule has 0 bridgehead atoms. The zero-order chi connectivity index (χ0) is 23.3. The van der Waals surface area contributed by atoms with E-state index in [1.807, 2.05) is 0 Å². The van der Waals surface area contributed by atoms with Gasteiger partial charge in [0.1, 0.15) is 11.5 Å². The third-order valence-electron chi connectivity index (χ3n) is 4.08. The van der Waals surface area contributed by atoms with E-state index in [2.05, 4.69) is 10.3 Å². The fraction of sp³-hybridized carbons (Fsp3) is 0.136. The van der Waals surface area contributed by atoms with Crippen molar-refractivity contribution < 1.29 is 37.0 Å². The number of nitrogens with zero attached hydrogens (tertiary/aromatic N) is 1. The number of ether oxygens (including phenoxy) is 3. The van der Waals surface area contributed by atoms with Crippen LogP contribution in [-0.4, -0.2) is 24.0 Å². The molecule has 0 unspecified atom stereocenters. The van der Waals surface area contributed by atoms with E-state index in [-0.39, 0.29) is 22.9 Å². The average Bonchev–Trinajstić information content (AvgIpc) is 2.74. The van der Waals surface area contributed by atoms with Gasteiger partial charge in [-0.05, 0) is 48.5 Å². The maximum absolute atomic E-state index is 12.6. The number of anilines is 1. The Morgan fingerprint density at radius 2 is 1.53 bits per heavy atom. The van der Waals surface area contributed by atoms with Gasteiger partial charge in [-0.25, -0.2) is 4.98 Å². The Hall–Kier alpha value is -4.08. The number of pyridine rings is 1. The first-order chi connectivity index (χ1) is 15.2. The lowest BCUT2D eigenvalue weighted by molar-refractivity contribution is -0.137. The highest BCUT2D eigenvalue weighted by molar-refractivity contribution is 6.05. The summed E-state index contributed by atoms with van der Waals surface area (Å²) in [4.78, 5) is 28.0. The van der Waals surface area contributed by atoms with Crippen LogP contribution in [-0.2, 0) is 11.0 Å². The van der Waals surface area contributed by atoms with Crippen molar-refractivity contribution in [2.75, 3.05) is 12.4 Å². The standard InChI is InChI=1S/C22H17F3N2O5/c1-13(28)31-20-18(30-2)11-12-26-19(20)21(29)27-15-5-9-17(10-6-15)32-16-7-3-14(4-8-16)22(23,24)25/h3-12H,1-2H3,(H,27,29). The molecule has 0 fully saturated rings. The molecule has 1 aromatic heterocycles. The van der Waals surface area contributed by atoms with Crippen LogP contribution in [0.5, 0.6) is 23.0 Å².